The van der Waals surface area contributed by atoms with Crippen molar-refractivity contribution in [1.82, 2.24) is 10.6 Å². The molecule has 152 valence electrons. The second-order valence-electron chi connectivity index (χ2n) is 6.54. The van der Waals surface area contributed by atoms with Crippen molar-refractivity contribution in [2.75, 3.05) is 26.3 Å². The van der Waals surface area contributed by atoms with Crippen LogP contribution >= 0.6 is 0 Å². The largest absolute Gasteiger partial charge is 0.490 e. The van der Waals surface area contributed by atoms with Gasteiger partial charge < -0.3 is 20.1 Å². The summed E-state index contributed by atoms with van der Waals surface area (Å²) in [6.45, 7) is 4.65. The summed E-state index contributed by atoms with van der Waals surface area (Å²) in [6.07, 6.45) is 1.77. The first-order chi connectivity index (χ1) is 14.0. The van der Waals surface area contributed by atoms with Crippen LogP contribution in [0.15, 0.2) is 42.0 Å². The Kier molecular flexibility index (Phi) is 6.49. The van der Waals surface area contributed by atoms with E-state index in [0.29, 0.717) is 29.2 Å². The second kappa shape index (κ2) is 9.23. The number of benzene rings is 2. The molecular weight excluding hydrogens is 375 g/mol. The lowest BCUT2D eigenvalue weighted by Gasteiger charge is -2.20. The molecule has 1 heterocycles. The number of ether oxygens (including phenoxy) is 2. The van der Waals surface area contributed by atoms with Crippen molar-refractivity contribution < 1.29 is 23.5 Å². The van der Waals surface area contributed by atoms with Gasteiger partial charge >= 0.3 is 0 Å². The monoisotopic (exact) mass is 398 g/mol. The summed E-state index contributed by atoms with van der Waals surface area (Å²) in [5, 5.41) is 5.40. The Morgan fingerprint density at radius 2 is 1.90 bits per heavy atom. The third kappa shape index (κ3) is 4.93. The molecule has 6 nitrogen and oxygen atoms in total. The number of carbonyl (C=O) groups is 2. The van der Waals surface area contributed by atoms with Crippen molar-refractivity contribution in [3.8, 4) is 11.5 Å². The lowest BCUT2D eigenvalue weighted by Crippen LogP contribution is -2.36. The van der Waals surface area contributed by atoms with E-state index < -0.39 is 11.7 Å². The van der Waals surface area contributed by atoms with Gasteiger partial charge in [0.05, 0.1) is 12.2 Å². The van der Waals surface area contributed by atoms with Gasteiger partial charge in [0.2, 0.25) is 0 Å². The normalized spacial score (nSPS) is 12.3. The molecule has 0 atom stereocenters. The van der Waals surface area contributed by atoms with Crippen LogP contribution in [0.25, 0.3) is 6.08 Å². The molecule has 0 aliphatic carbocycles. The van der Waals surface area contributed by atoms with Crippen molar-refractivity contribution in [3.63, 3.8) is 0 Å². The molecule has 0 aromatic heterocycles. The van der Waals surface area contributed by atoms with E-state index in [2.05, 4.69) is 10.6 Å². The number of carbonyl (C=O) groups excluding carboxylic acids is 2. The van der Waals surface area contributed by atoms with E-state index in [-0.39, 0.29) is 31.2 Å². The zero-order chi connectivity index (χ0) is 20.8. The number of halogens is 1. The predicted octanol–water partition coefficient (Wildman–Crippen LogP) is 2.85. The number of fused-ring (bicyclic) bond motifs is 1. The maximum atomic E-state index is 13.6. The van der Waals surface area contributed by atoms with Crippen LogP contribution in [0.1, 0.15) is 28.4 Å². The molecule has 2 aromatic carbocycles. The summed E-state index contributed by atoms with van der Waals surface area (Å²) in [6, 6.07) is 9.82. The molecule has 0 radical (unpaired) electrons. The zero-order valence-corrected chi connectivity index (χ0v) is 16.4. The van der Waals surface area contributed by atoms with E-state index in [0.717, 1.165) is 5.56 Å². The minimum atomic E-state index is -0.428. The van der Waals surface area contributed by atoms with Crippen LogP contribution in [0.3, 0.4) is 0 Å². The fourth-order valence-electron chi connectivity index (χ4n) is 2.88. The Labute approximate surface area is 168 Å². The Bertz CT molecular complexity index is 956. The summed E-state index contributed by atoms with van der Waals surface area (Å²) >= 11 is 0. The zero-order valence-electron chi connectivity index (χ0n) is 16.4. The molecule has 2 amide bonds. The summed E-state index contributed by atoms with van der Waals surface area (Å²) < 4.78 is 24.8. The number of aryl methyl sites for hydroxylation is 1. The second-order valence-corrected chi connectivity index (χ2v) is 6.54. The number of nitrogens with one attached hydrogen (secondary N) is 2. The average Bonchev–Trinajstić information content (AvgIpc) is 2.73. The molecule has 3 rings (SSSR count). The summed E-state index contributed by atoms with van der Waals surface area (Å²) in [4.78, 5) is 24.4. The van der Waals surface area contributed by atoms with Crippen LogP contribution in [0.2, 0.25) is 0 Å². The lowest BCUT2D eigenvalue weighted by molar-refractivity contribution is -0.117. The Morgan fingerprint density at radius 1 is 1.14 bits per heavy atom. The fraction of sp³-hybridized carbons (Fsp3) is 0.273. The molecule has 0 spiro atoms. The van der Waals surface area contributed by atoms with E-state index in [9.17, 15) is 14.0 Å². The van der Waals surface area contributed by atoms with Gasteiger partial charge in [0.15, 0.2) is 11.5 Å². The average molecular weight is 398 g/mol. The number of hydrogen-bond acceptors (Lipinski definition) is 4. The molecule has 0 saturated carbocycles. The van der Waals surface area contributed by atoms with E-state index in [1.165, 1.54) is 6.07 Å². The molecule has 7 heteroatoms. The number of amides is 2. The van der Waals surface area contributed by atoms with Crippen molar-refractivity contribution in [3.05, 3.63) is 64.5 Å². The summed E-state index contributed by atoms with van der Waals surface area (Å²) in [5.74, 6) is 0.186. The Balaban J connectivity index is 1.51. The highest BCUT2D eigenvalue weighted by atomic mass is 19.1. The molecule has 29 heavy (non-hydrogen) atoms. The standard InChI is InChI=1S/C22H23FN2O4/c1-3-28-19-6-4-5-15-11-17(13-29-20(15)19)22(27)25-10-9-24-21(26)16-8-7-14(2)18(23)12-16/h4-8,11-12H,3,9-10,13H2,1-2H3,(H,24,26)(H,25,27). The van der Waals surface area contributed by atoms with E-state index in [1.54, 1.807) is 25.1 Å². The highest BCUT2D eigenvalue weighted by Gasteiger charge is 2.20. The van der Waals surface area contributed by atoms with Crippen LogP contribution in [0.4, 0.5) is 4.39 Å². The van der Waals surface area contributed by atoms with Crippen molar-refractivity contribution in [1.29, 1.82) is 0 Å². The molecule has 0 saturated heterocycles. The van der Waals surface area contributed by atoms with Crippen LogP contribution < -0.4 is 20.1 Å². The maximum absolute atomic E-state index is 13.6. The molecule has 0 fully saturated rings. The van der Waals surface area contributed by atoms with Crippen molar-refractivity contribution >= 4 is 17.9 Å². The number of para-hydroxylation sites is 1. The number of hydrogen-bond donors (Lipinski definition) is 2. The first kappa shape index (κ1) is 20.4. The maximum Gasteiger partial charge on any atom is 0.251 e. The fourth-order valence-corrected chi connectivity index (χ4v) is 2.88. The van der Waals surface area contributed by atoms with E-state index in [1.807, 2.05) is 25.1 Å². The summed E-state index contributed by atoms with van der Waals surface area (Å²) in [5.41, 5.74) is 1.98. The molecule has 2 aromatic rings. The highest BCUT2D eigenvalue weighted by Crippen LogP contribution is 2.35. The topological polar surface area (TPSA) is 76.7 Å². The lowest BCUT2D eigenvalue weighted by atomic mass is 10.1. The van der Waals surface area contributed by atoms with Crippen LogP contribution in [-0.2, 0) is 4.79 Å². The van der Waals surface area contributed by atoms with Gasteiger partial charge in [-0.25, -0.2) is 4.39 Å². The Hall–Kier alpha value is -3.35. The van der Waals surface area contributed by atoms with Gasteiger partial charge in [-0.1, -0.05) is 18.2 Å². The molecule has 0 unspecified atom stereocenters. The first-order valence-electron chi connectivity index (χ1n) is 9.41. The van der Waals surface area contributed by atoms with Crippen LogP contribution in [-0.4, -0.2) is 38.1 Å². The minimum Gasteiger partial charge on any atom is -0.490 e. The molecular formula is C22H23FN2O4. The van der Waals surface area contributed by atoms with Gasteiger partial charge in [0.1, 0.15) is 12.4 Å². The van der Waals surface area contributed by atoms with Gasteiger partial charge in [-0.3, -0.25) is 9.59 Å². The number of rotatable bonds is 7. The first-order valence-corrected chi connectivity index (χ1v) is 9.41. The summed E-state index contributed by atoms with van der Waals surface area (Å²) in [7, 11) is 0. The van der Waals surface area contributed by atoms with Crippen LogP contribution in [0, 0.1) is 12.7 Å². The molecule has 1 aliphatic rings. The van der Waals surface area contributed by atoms with Gasteiger partial charge in [-0.2, -0.15) is 0 Å². The minimum absolute atomic E-state index is 0.137. The SMILES string of the molecule is CCOc1cccc2c1OCC(C(=O)NCCNC(=O)c1ccc(C)c(F)c1)=C2. The van der Waals surface area contributed by atoms with Crippen LogP contribution in [0.5, 0.6) is 11.5 Å². The third-order valence-corrected chi connectivity index (χ3v) is 4.43. The molecule has 0 bridgehead atoms. The van der Waals surface area contributed by atoms with Crippen molar-refractivity contribution in [2.24, 2.45) is 0 Å². The molecule has 1 aliphatic heterocycles. The predicted molar refractivity (Wildman–Crippen MR) is 108 cm³/mol. The highest BCUT2D eigenvalue weighted by molar-refractivity contribution is 5.99. The molecule has 2 N–H and O–H groups in total. The quantitative estimate of drug-likeness (QED) is 0.704. The Morgan fingerprint density at radius 3 is 2.62 bits per heavy atom. The van der Waals surface area contributed by atoms with E-state index in [4.69, 9.17) is 9.47 Å². The smallest absolute Gasteiger partial charge is 0.251 e. The van der Waals surface area contributed by atoms with Gasteiger partial charge in [0, 0.05) is 24.2 Å². The van der Waals surface area contributed by atoms with Gasteiger partial charge in [0.25, 0.3) is 11.8 Å². The van der Waals surface area contributed by atoms with Crippen molar-refractivity contribution in [2.45, 2.75) is 13.8 Å². The van der Waals surface area contributed by atoms with Gasteiger partial charge in [-0.15, -0.1) is 0 Å². The third-order valence-electron chi connectivity index (χ3n) is 4.43. The van der Waals surface area contributed by atoms with E-state index >= 15 is 0 Å². The van der Waals surface area contributed by atoms with Gasteiger partial charge in [-0.05, 0) is 43.7 Å².